The molecule has 0 spiro atoms. The molecule has 0 heterocycles. The monoisotopic (exact) mass is 765 g/mol. The lowest BCUT2D eigenvalue weighted by atomic mass is 10.2. The first-order chi connectivity index (χ1) is 21.4. The summed E-state index contributed by atoms with van der Waals surface area (Å²) in [6.45, 7) is 16.7. The van der Waals surface area contributed by atoms with E-state index in [1.807, 2.05) is 41.5 Å². The molecule has 16 heteroatoms. The average Bonchev–Trinajstić information content (AvgIpc) is 2.88. The number of ether oxygens (including phenoxy) is 3. The molecule has 47 heavy (non-hydrogen) atoms. The Morgan fingerprint density at radius 3 is 1.32 bits per heavy atom. The van der Waals surface area contributed by atoms with Crippen LogP contribution < -0.4 is 5.32 Å². The standard InChI is InChI=1S/C19H33NO6S2.C8H16O2S.C4H4Cl2O2/c1-18(2,3)25-14(21)8-7-12-27-15(22)9-10-16(23)28-13-11-20-17(24)26-19(4,5)6;1-8(2,3)10-7(9)5-4-6-11;5-3(7)1-2-4(6)8/h7-13H2,1-6H3,(H,20,24);11H,4-6H2,1-3H3;1-2H2. The molecule has 0 aromatic rings. The highest BCUT2D eigenvalue weighted by Gasteiger charge is 2.17. The summed E-state index contributed by atoms with van der Waals surface area (Å²) in [7, 11) is 0. The summed E-state index contributed by atoms with van der Waals surface area (Å²) in [4.78, 5) is 77.3. The van der Waals surface area contributed by atoms with Crippen molar-refractivity contribution in [2.75, 3.05) is 23.8 Å². The third kappa shape index (κ3) is 46.7. The fourth-order valence-corrected chi connectivity index (χ4v) is 4.38. The number of nitrogens with one attached hydrogen (secondary N) is 1. The largest absolute Gasteiger partial charge is 0.460 e. The molecule has 0 aromatic heterocycles. The van der Waals surface area contributed by atoms with E-state index in [2.05, 4.69) is 17.9 Å². The van der Waals surface area contributed by atoms with Gasteiger partial charge in [0.25, 0.3) is 0 Å². The van der Waals surface area contributed by atoms with Gasteiger partial charge in [0.1, 0.15) is 16.8 Å². The smallest absolute Gasteiger partial charge is 0.407 e. The van der Waals surface area contributed by atoms with Crippen LogP contribution in [0, 0.1) is 0 Å². The molecule has 0 aliphatic heterocycles. The Morgan fingerprint density at radius 1 is 0.574 bits per heavy atom. The Labute approximate surface area is 304 Å². The number of rotatable bonds is 16. The van der Waals surface area contributed by atoms with Gasteiger partial charge in [-0.05, 0) is 104 Å². The zero-order valence-corrected chi connectivity index (χ0v) is 33.1. The predicted molar refractivity (Wildman–Crippen MR) is 193 cm³/mol. The molecular formula is C31H53Cl2NO10S3. The van der Waals surface area contributed by atoms with Crippen molar-refractivity contribution in [2.24, 2.45) is 0 Å². The molecule has 0 aromatic carbocycles. The second kappa shape index (κ2) is 27.4. The van der Waals surface area contributed by atoms with E-state index in [-0.39, 0.29) is 59.9 Å². The van der Waals surface area contributed by atoms with E-state index in [4.69, 9.17) is 37.4 Å². The van der Waals surface area contributed by atoms with Gasteiger partial charge in [-0.2, -0.15) is 12.6 Å². The molecule has 0 aliphatic carbocycles. The molecule has 1 N–H and O–H groups in total. The number of hydrogen-bond donors (Lipinski definition) is 2. The van der Waals surface area contributed by atoms with Crippen molar-refractivity contribution in [3.8, 4) is 0 Å². The third-order valence-corrected chi connectivity index (χ3v) is 6.90. The van der Waals surface area contributed by atoms with Crippen molar-refractivity contribution in [2.45, 2.75) is 130 Å². The van der Waals surface area contributed by atoms with Crippen LogP contribution in [0.15, 0.2) is 0 Å². The molecule has 0 atom stereocenters. The molecule has 0 unspecified atom stereocenters. The SMILES string of the molecule is CC(C)(C)OC(=O)CCCS.CC(C)(C)OC(=O)CCCSC(=O)CCC(=O)SCCNC(=O)OC(C)(C)C.O=C(Cl)CCC(=O)Cl. The summed E-state index contributed by atoms with van der Waals surface area (Å²) in [5, 5.41) is 1.36. The van der Waals surface area contributed by atoms with E-state index in [9.17, 15) is 33.6 Å². The van der Waals surface area contributed by atoms with Gasteiger partial charge in [-0.1, -0.05) is 23.5 Å². The minimum absolute atomic E-state index is 0.0316. The Balaban J connectivity index is -0.000000826. The summed E-state index contributed by atoms with van der Waals surface area (Å²) >= 11 is 16.0. The van der Waals surface area contributed by atoms with E-state index in [1.54, 1.807) is 20.8 Å². The second-order valence-corrected chi connectivity index (χ2v) is 16.3. The van der Waals surface area contributed by atoms with Crippen LogP contribution in [0.25, 0.3) is 0 Å². The number of thiol groups is 1. The van der Waals surface area contributed by atoms with Crippen LogP contribution in [0.1, 0.15) is 114 Å². The van der Waals surface area contributed by atoms with Gasteiger partial charge in [-0.15, -0.1) is 0 Å². The van der Waals surface area contributed by atoms with Crippen LogP contribution in [-0.4, -0.2) is 79.4 Å². The summed E-state index contributed by atoms with van der Waals surface area (Å²) in [5.41, 5.74) is -1.41. The first-order valence-electron chi connectivity index (χ1n) is 15.1. The van der Waals surface area contributed by atoms with Crippen LogP contribution in [0.5, 0.6) is 0 Å². The summed E-state index contributed by atoms with van der Waals surface area (Å²) in [6.07, 6.45) is 1.98. The Hall–Kier alpha value is -1.48. The third-order valence-electron chi connectivity index (χ3n) is 4.25. The van der Waals surface area contributed by atoms with E-state index in [1.165, 1.54) is 0 Å². The number of hydrogen-bond acceptors (Lipinski definition) is 13. The summed E-state index contributed by atoms with van der Waals surface area (Å²) in [5.74, 6) is 1.28. The van der Waals surface area contributed by atoms with Crippen molar-refractivity contribution in [3.05, 3.63) is 0 Å². The van der Waals surface area contributed by atoms with E-state index in [0.29, 0.717) is 30.9 Å². The fraction of sp³-hybridized carbons (Fsp3) is 0.774. The molecule has 0 saturated heterocycles. The minimum atomic E-state index is -0.558. The Morgan fingerprint density at radius 2 is 0.957 bits per heavy atom. The predicted octanol–water partition coefficient (Wildman–Crippen LogP) is 7.27. The molecule has 0 rings (SSSR count). The maximum atomic E-state index is 11.8. The van der Waals surface area contributed by atoms with Crippen LogP contribution >= 0.6 is 59.4 Å². The quantitative estimate of drug-likeness (QED) is 0.0533. The molecule has 1 amide bonds. The molecule has 0 fully saturated rings. The number of esters is 2. The molecule has 0 radical (unpaired) electrons. The molecule has 274 valence electrons. The Kier molecular flexibility index (Phi) is 29.0. The number of carbonyl (C=O) groups excluding carboxylic acids is 7. The topological polar surface area (TPSA) is 159 Å². The second-order valence-electron chi connectivity index (χ2n) is 12.7. The summed E-state index contributed by atoms with van der Waals surface area (Å²) in [6, 6.07) is 0. The normalized spacial score (nSPS) is 11.1. The van der Waals surface area contributed by atoms with Crippen molar-refractivity contribution < 1.29 is 47.8 Å². The number of thioether (sulfide) groups is 2. The van der Waals surface area contributed by atoms with Gasteiger partial charge in [-0.25, -0.2) is 4.79 Å². The van der Waals surface area contributed by atoms with Crippen molar-refractivity contribution in [1.29, 1.82) is 0 Å². The number of alkyl carbamates (subject to hydrolysis) is 1. The van der Waals surface area contributed by atoms with Gasteiger partial charge in [-0.3, -0.25) is 28.8 Å². The molecule has 11 nitrogen and oxygen atoms in total. The van der Waals surface area contributed by atoms with Gasteiger partial charge >= 0.3 is 18.0 Å². The van der Waals surface area contributed by atoms with E-state index >= 15 is 0 Å². The first-order valence-corrected chi connectivity index (χ1v) is 18.4. The highest BCUT2D eigenvalue weighted by molar-refractivity contribution is 8.14. The first kappa shape index (κ1) is 49.9. The number of carbonyl (C=O) groups is 7. The lowest BCUT2D eigenvalue weighted by molar-refractivity contribution is -0.155. The van der Waals surface area contributed by atoms with Gasteiger partial charge in [0.2, 0.25) is 10.5 Å². The average molecular weight is 767 g/mol. The van der Waals surface area contributed by atoms with Gasteiger partial charge in [0.05, 0.1) is 0 Å². The minimum Gasteiger partial charge on any atom is -0.460 e. The van der Waals surface area contributed by atoms with Crippen LogP contribution in [0.2, 0.25) is 0 Å². The molecule has 0 aliphatic rings. The van der Waals surface area contributed by atoms with Crippen molar-refractivity contribution in [1.82, 2.24) is 5.32 Å². The highest BCUT2D eigenvalue weighted by atomic mass is 35.5. The van der Waals surface area contributed by atoms with Gasteiger partial charge < -0.3 is 19.5 Å². The van der Waals surface area contributed by atoms with Crippen LogP contribution in [0.3, 0.4) is 0 Å². The fourth-order valence-electron chi connectivity index (χ4n) is 2.59. The van der Waals surface area contributed by atoms with E-state index in [0.717, 1.165) is 35.7 Å². The molecular weight excluding hydrogens is 713 g/mol. The van der Waals surface area contributed by atoms with Crippen LogP contribution in [-0.2, 0) is 43.0 Å². The maximum absolute atomic E-state index is 11.8. The zero-order valence-electron chi connectivity index (χ0n) is 29.1. The number of halogens is 2. The lowest BCUT2D eigenvalue weighted by Crippen LogP contribution is -2.33. The maximum Gasteiger partial charge on any atom is 0.407 e. The van der Waals surface area contributed by atoms with Crippen LogP contribution in [0.4, 0.5) is 4.79 Å². The summed E-state index contributed by atoms with van der Waals surface area (Å²) < 4.78 is 15.3. The van der Waals surface area contributed by atoms with Crippen molar-refractivity contribution in [3.63, 3.8) is 0 Å². The van der Waals surface area contributed by atoms with E-state index < -0.39 is 27.8 Å². The van der Waals surface area contributed by atoms with Gasteiger partial charge in [0.15, 0.2) is 10.2 Å². The number of amides is 1. The lowest BCUT2D eigenvalue weighted by Gasteiger charge is -2.19. The molecule has 0 bridgehead atoms. The molecule has 0 saturated carbocycles. The zero-order chi connectivity index (χ0) is 37.3. The van der Waals surface area contributed by atoms with Gasteiger partial charge in [0, 0.05) is 56.6 Å². The van der Waals surface area contributed by atoms with Crippen molar-refractivity contribution >= 4 is 98.1 Å². The Bertz CT molecular complexity index is 930. The highest BCUT2D eigenvalue weighted by Crippen LogP contribution is 2.15.